The van der Waals surface area contributed by atoms with E-state index < -0.39 is 5.91 Å². The maximum absolute atomic E-state index is 11.7. The number of anilines is 2. The summed E-state index contributed by atoms with van der Waals surface area (Å²) in [4.78, 5) is 15.9. The summed E-state index contributed by atoms with van der Waals surface area (Å²) < 4.78 is 6.76. The van der Waals surface area contributed by atoms with Gasteiger partial charge in [0.05, 0.1) is 13.3 Å². The monoisotopic (exact) mass is 297 g/mol. The summed E-state index contributed by atoms with van der Waals surface area (Å²) >= 11 is 0. The van der Waals surface area contributed by atoms with Crippen LogP contribution in [-0.4, -0.2) is 27.6 Å². The second-order valence-electron chi connectivity index (χ2n) is 4.80. The molecule has 0 unspecified atom stereocenters. The molecule has 0 spiro atoms. The number of primary amides is 1. The number of hydrogen-bond acceptors (Lipinski definition) is 5. The highest BCUT2D eigenvalue weighted by Crippen LogP contribution is 2.24. The number of hydrogen-bond donors (Lipinski definition) is 2. The third-order valence-corrected chi connectivity index (χ3v) is 3.30. The first-order chi connectivity index (χ1) is 10.6. The molecule has 0 bridgehead atoms. The number of carbonyl (C=O) groups is 1. The largest absolute Gasteiger partial charge is 0.497 e. The number of amides is 1. The molecule has 0 fully saturated rings. The Morgan fingerprint density at radius 1 is 1.36 bits per heavy atom. The van der Waals surface area contributed by atoms with Crippen molar-refractivity contribution in [1.29, 1.82) is 0 Å². The predicted octanol–water partition coefficient (Wildman–Crippen LogP) is 1.89. The van der Waals surface area contributed by atoms with Crippen LogP contribution in [0.15, 0.2) is 36.7 Å². The number of methoxy groups -OCH3 is 1. The first-order valence-electron chi connectivity index (χ1n) is 6.64. The lowest BCUT2D eigenvalue weighted by Crippen LogP contribution is -2.16. The Bertz CT molecular complexity index is 856. The van der Waals surface area contributed by atoms with Gasteiger partial charge in [0.1, 0.15) is 17.1 Å². The number of carbonyl (C=O) groups excluding carboxylic acids is 1. The van der Waals surface area contributed by atoms with E-state index in [0.29, 0.717) is 17.2 Å². The molecular weight excluding hydrogens is 282 g/mol. The number of nitrogens with two attached hydrogens (primary N) is 1. The number of nitrogens with one attached hydrogen (secondary N) is 1. The van der Waals surface area contributed by atoms with E-state index in [1.165, 1.54) is 6.20 Å². The minimum absolute atomic E-state index is 0.262. The summed E-state index contributed by atoms with van der Waals surface area (Å²) in [5.41, 5.74) is 8.02. The second-order valence-corrected chi connectivity index (χ2v) is 4.80. The van der Waals surface area contributed by atoms with E-state index in [1.54, 1.807) is 17.8 Å². The van der Waals surface area contributed by atoms with Crippen LogP contribution in [0.25, 0.3) is 5.65 Å². The summed E-state index contributed by atoms with van der Waals surface area (Å²) in [7, 11) is 1.59. The van der Waals surface area contributed by atoms with Crippen molar-refractivity contribution in [1.82, 2.24) is 14.6 Å². The summed E-state index contributed by atoms with van der Waals surface area (Å²) in [6.45, 7) is 1.90. The molecule has 3 aromatic rings. The van der Waals surface area contributed by atoms with Crippen molar-refractivity contribution in [3.05, 3.63) is 47.8 Å². The Morgan fingerprint density at radius 2 is 2.18 bits per heavy atom. The van der Waals surface area contributed by atoms with Gasteiger partial charge in [-0.2, -0.15) is 9.61 Å². The number of nitrogens with zero attached hydrogens (tertiary/aromatic N) is 3. The van der Waals surface area contributed by atoms with Crippen molar-refractivity contribution < 1.29 is 9.53 Å². The Kier molecular flexibility index (Phi) is 3.38. The lowest BCUT2D eigenvalue weighted by molar-refractivity contribution is 0.100. The first-order valence-corrected chi connectivity index (χ1v) is 6.64. The van der Waals surface area contributed by atoms with E-state index in [-0.39, 0.29) is 5.56 Å². The van der Waals surface area contributed by atoms with Crippen LogP contribution in [0.3, 0.4) is 0 Å². The zero-order valence-corrected chi connectivity index (χ0v) is 12.2. The smallest absolute Gasteiger partial charge is 0.254 e. The van der Waals surface area contributed by atoms with Crippen LogP contribution < -0.4 is 15.8 Å². The molecule has 2 aromatic heterocycles. The van der Waals surface area contributed by atoms with Crippen molar-refractivity contribution in [3.8, 4) is 5.75 Å². The average Bonchev–Trinajstić information content (AvgIpc) is 2.89. The van der Waals surface area contributed by atoms with Crippen molar-refractivity contribution in [2.24, 2.45) is 5.73 Å². The quantitative estimate of drug-likeness (QED) is 0.767. The number of fused-ring (bicyclic) bond motifs is 1. The van der Waals surface area contributed by atoms with E-state index in [0.717, 1.165) is 11.3 Å². The van der Waals surface area contributed by atoms with Crippen LogP contribution in [0.4, 0.5) is 11.5 Å². The second kappa shape index (κ2) is 5.36. The molecule has 0 aliphatic rings. The third-order valence-electron chi connectivity index (χ3n) is 3.30. The average molecular weight is 297 g/mol. The summed E-state index contributed by atoms with van der Waals surface area (Å²) in [6, 6.07) is 7.35. The minimum Gasteiger partial charge on any atom is -0.497 e. The lowest BCUT2D eigenvalue weighted by atomic mass is 10.2. The topological polar surface area (TPSA) is 94.5 Å². The molecular formula is C15H15N5O2. The van der Waals surface area contributed by atoms with Gasteiger partial charge < -0.3 is 15.8 Å². The fourth-order valence-corrected chi connectivity index (χ4v) is 2.18. The zero-order chi connectivity index (χ0) is 15.7. The maximum Gasteiger partial charge on any atom is 0.254 e. The molecule has 0 atom stereocenters. The van der Waals surface area contributed by atoms with Crippen molar-refractivity contribution in [3.63, 3.8) is 0 Å². The van der Waals surface area contributed by atoms with Gasteiger partial charge in [-0.05, 0) is 19.1 Å². The molecule has 1 amide bonds. The maximum atomic E-state index is 11.7. The molecule has 0 aliphatic carbocycles. The van der Waals surface area contributed by atoms with E-state index in [2.05, 4.69) is 15.4 Å². The molecule has 0 aliphatic heterocycles. The predicted molar refractivity (Wildman–Crippen MR) is 82.5 cm³/mol. The van der Waals surface area contributed by atoms with Crippen molar-refractivity contribution >= 4 is 23.1 Å². The van der Waals surface area contributed by atoms with Gasteiger partial charge in [0.15, 0.2) is 5.65 Å². The lowest BCUT2D eigenvalue weighted by Gasteiger charge is -2.12. The number of aryl methyl sites for hydroxylation is 1. The molecule has 0 saturated carbocycles. The van der Waals surface area contributed by atoms with Crippen LogP contribution in [0.1, 0.15) is 15.9 Å². The number of benzene rings is 1. The number of rotatable bonds is 4. The summed E-state index contributed by atoms with van der Waals surface area (Å²) in [5, 5.41) is 7.42. The number of ether oxygens (including phenoxy) is 1. The Morgan fingerprint density at radius 3 is 2.91 bits per heavy atom. The van der Waals surface area contributed by atoms with Crippen LogP contribution >= 0.6 is 0 Å². The van der Waals surface area contributed by atoms with Gasteiger partial charge in [-0.3, -0.25) is 4.79 Å². The molecule has 0 radical (unpaired) electrons. The van der Waals surface area contributed by atoms with E-state index in [1.807, 2.05) is 31.2 Å². The van der Waals surface area contributed by atoms with Crippen LogP contribution in [0.2, 0.25) is 0 Å². The van der Waals surface area contributed by atoms with Gasteiger partial charge in [0.2, 0.25) is 0 Å². The highest BCUT2D eigenvalue weighted by molar-refractivity contribution is 5.98. The van der Waals surface area contributed by atoms with Gasteiger partial charge in [0.25, 0.3) is 5.91 Å². The van der Waals surface area contributed by atoms with E-state index >= 15 is 0 Å². The van der Waals surface area contributed by atoms with Gasteiger partial charge in [-0.15, -0.1) is 0 Å². The van der Waals surface area contributed by atoms with Crippen molar-refractivity contribution in [2.45, 2.75) is 6.92 Å². The fourth-order valence-electron chi connectivity index (χ4n) is 2.18. The highest BCUT2D eigenvalue weighted by atomic mass is 16.5. The molecule has 7 heteroatoms. The zero-order valence-electron chi connectivity index (χ0n) is 12.2. The molecule has 2 heterocycles. The summed E-state index contributed by atoms with van der Waals surface area (Å²) in [5.74, 6) is 0.597. The molecule has 112 valence electrons. The Labute approximate surface area is 126 Å². The standard InChI is InChI=1S/C15H15N5O2/c1-9-7-18-20-14(9)17-8-12(13(16)21)15(20)19-10-4-3-5-11(6-10)22-2/h3-8,19H,1-2H3,(H2,16,21). The van der Waals surface area contributed by atoms with Crippen molar-refractivity contribution in [2.75, 3.05) is 12.4 Å². The Balaban J connectivity index is 2.14. The fraction of sp³-hybridized carbons (Fsp3) is 0.133. The molecule has 3 rings (SSSR count). The summed E-state index contributed by atoms with van der Waals surface area (Å²) in [6.07, 6.45) is 3.14. The Hall–Kier alpha value is -3.09. The molecule has 7 nitrogen and oxygen atoms in total. The first kappa shape index (κ1) is 13.9. The van der Waals surface area contributed by atoms with Crippen LogP contribution in [-0.2, 0) is 0 Å². The molecule has 0 saturated heterocycles. The minimum atomic E-state index is -0.576. The normalized spacial score (nSPS) is 10.6. The highest BCUT2D eigenvalue weighted by Gasteiger charge is 2.15. The third kappa shape index (κ3) is 2.32. The van der Waals surface area contributed by atoms with Gasteiger partial charge in [-0.1, -0.05) is 6.07 Å². The number of aromatic nitrogens is 3. The van der Waals surface area contributed by atoms with E-state index in [9.17, 15) is 4.79 Å². The van der Waals surface area contributed by atoms with Gasteiger partial charge in [-0.25, -0.2) is 4.98 Å². The van der Waals surface area contributed by atoms with Crippen LogP contribution in [0.5, 0.6) is 5.75 Å². The van der Waals surface area contributed by atoms with Gasteiger partial charge in [0, 0.05) is 23.5 Å². The molecule has 3 N–H and O–H groups in total. The molecule has 1 aromatic carbocycles. The molecule has 22 heavy (non-hydrogen) atoms. The van der Waals surface area contributed by atoms with Gasteiger partial charge >= 0.3 is 0 Å². The van der Waals surface area contributed by atoms with E-state index in [4.69, 9.17) is 10.5 Å². The van der Waals surface area contributed by atoms with Crippen LogP contribution in [0, 0.1) is 6.92 Å². The SMILES string of the molecule is COc1cccc(Nc2c(C(N)=O)cnc3c(C)cnn23)c1.